The Balaban J connectivity index is 2.04. The predicted octanol–water partition coefficient (Wildman–Crippen LogP) is 2.19. The number of ether oxygens (including phenoxy) is 1. The van der Waals surface area contributed by atoms with Gasteiger partial charge in [-0.05, 0) is 50.6 Å². The number of carbonyl (C=O) groups excluding carboxylic acids is 1. The van der Waals surface area contributed by atoms with Crippen LogP contribution in [0.2, 0.25) is 0 Å². The molecule has 0 atom stereocenters. The van der Waals surface area contributed by atoms with E-state index in [0.717, 1.165) is 37.2 Å². The fraction of sp³-hybridized carbons (Fsp3) is 0.562. The van der Waals surface area contributed by atoms with Gasteiger partial charge < -0.3 is 14.9 Å². The minimum Gasteiger partial charge on any atom is -0.450 e. The van der Waals surface area contributed by atoms with E-state index in [0.29, 0.717) is 24.8 Å². The number of piperidine rings is 1. The van der Waals surface area contributed by atoms with E-state index in [2.05, 4.69) is 20.8 Å². The Labute approximate surface area is 136 Å². The summed E-state index contributed by atoms with van der Waals surface area (Å²) >= 11 is 0. The maximum absolute atomic E-state index is 11.5. The third-order valence-electron chi connectivity index (χ3n) is 3.73. The van der Waals surface area contributed by atoms with Crippen LogP contribution in [0.25, 0.3) is 0 Å². The van der Waals surface area contributed by atoms with Gasteiger partial charge in [0.15, 0.2) is 0 Å². The molecule has 0 bridgehead atoms. The van der Waals surface area contributed by atoms with Crippen LogP contribution in [0.3, 0.4) is 0 Å². The first-order chi connectivity index (χ1) is 11.2. The van der Waals surface area contributed by atoms with Gasteiger partial charge >= 0.3 is 6.09 Å². The third-order valence-corrected chi connectivity index (χ3v) is 3.73. The van der Waals surface area contributed by atoms with E-state index in [4.69, 9.17) is 9.57 Å². The normalized spacial score (nSPS) is 16.0. The van der Waals surface area contributed by atoms with Gasteiger partial charge in [0.2, 0.25) is 0 Å². The number of hydrogen-bond donors (Lipinski definition) is 2. The van der Waals surface area contributed by atoms with Gasteiger partial charge in [0, 0.05) is 18.5 Å². The summed E-state index contributed by atoms with van der Waals surface area (Å²) in [6.07, 6.45) is 3.96. The van der Waals surface area contributed by atoms with Crippen molar-refractivity contribution in [3.63, 3.8) is 0 Å². The smallest absolute Gasteiger partial charge is 0.412 e. The summed E-state index contributed by atoms with van der Waals surface area (Å²) in [6.45, 7) is 4.08. The minimum absolute atomic E-state index is 0.325. The fourth-order valence-electron chi connectivity index (χ4n) is 2.66. The molecule has 1 aromatic heterocycles. The highest BCUT2D eigenvalue weighted by Crippen LogP contribution is 2.18. The number of nitrogens with zero attached hydrogens (tertiary/aromatic N) is 2. The van der Waals surface area contributed by atoms with Crippen LogP contribution in [0, 0.1) is 5.92 Å². The van der Waals surface area contributed by atoms with Crippen LogP contribution < -0.4 is 10.6 Å². The molecule has 1 fully saturated rings. The molecule has 126 valence electrons. The number of amides is 1. The fourth-order valence-corrected chi connectivity index (χ4v) is 2.66. The van der Waals surface area contributed by atoms with E-state index in [9.17, 15) is 4.79 Å². The van der Waals surface area contributed by atoms with Gasteiger partial charge in [-0.2, -0.15) is 0 Å². The quantitative estimate of drug-likeness (QED) is 0.620. The molecule has 0 spiro atoms. The second-order valence-electron chi connectivity index (χ2n) is 5.36. The summed E-state index contributed by atoms with van der Waals surface area (Å²) in [4.78, 5) is 20.6. The molecule has 2 N–H and O–H groups in total. The van der Waals surface area contributed by atoms with Gasteiger partial charge in [-0.1, -0.05) is 5.16 Å². The van der Waals surface area contributed by atoms with Crippen molar-refractivity contribution < 1.29 is 14.4 Å². The summed E-state index contributed by atoms with van der Waals surface area (Å²) in [5.41, 5.74) is 2.06. The first kappa shape index (κ1) is 17.2. The molecule has 1 saturated heterocycles. The van der Waals surface area contributed by atoms with Crippen molar-refractivity contribution in [2.45, 2.75) is 26.2 Å². The van der Waals surface area contributed by atoms with Gasteiger partial charge in [0.1, 0.15) is 12.9 Å². The molecule has 0 aromatic carbocycles. The standard InChI is InChI=1S/C16H24N4O3/c1-3-23-16(21)19-15-11-12(4-9-18-15)10-14(20-22-2)13-5-7-17-8-6-13/h4,9,11,13,17H,3,5-8,10H2,1-2H3,(H,18,19,21)/b20-14-. The van der Waals surface area contributed by atoms with Crippen molar-refractivity contribution >= 4 is 17.6 Å². The van der Waals surface area contributed by atoms with E-state index in [-0.39, 0.29) is 0 Å². The highest BCUT2D eigenvalue weighted by molar-refractivity contribution is 5.89. The minimum atomic E-state index is -0.499. The lowest BCUT2D eigenvalue weighted by Crippen LogP contribution is -2.32. The van der Waals surface area contributed by atoms with Crippen molar-refractivity contribution in [1.82, 2.24) is 10.3 Å². The van der Waals surface area contributed by atoms with Gasteiger partial charge in [0.05, 0.1) is 12.3 Å². The number of rotatable bonds is 6. The topological polar surface area (TPSA) is 84.8 Å². The molecule has 23 heavy (non-hydrogen) atoms. The first-order valence-corrected chi connectivity index (χ1v) is 7.92. The van der Waals surface area contributed by atoms with E-state index in [1.165, 1.54) is 0 Å². The number of pyridine rings is 1. The molecule has 1 aliphatic rings. The molecule has 1 amide bonds. The third kappa shape index (κ3) is 5.52. The van der Waals surface area contributed by atoms with E-state index in [1.807, 2.05) is 12.1 Å². The molecular weight excluding hydrogens is 296 g/mol. The van der Waals surface area contributed by atoms with Crippen LogP contribution in [0.4, 0.5) is 10.6 Å². The molecule has 0 aliphatic carbocycles. The van der Waals surface area contributed by atoms with Crippen molar-refractivity contribution in [3.8, 4) is 0 Å². The number of carbonyl (C=O) groups is 1. The van der Waals surface area contributed by atoms with Gasteiger partial charge in [-0.25, -0.2) is 9.78 Å². The SMILES string of the molecule is CCOC(=O)Nc1cc(C/C(=N/OC)C2CCNCC2)ccn1. The maximum Gasteiger partial charge on any atom is 0.412 e. The summed E-state index contributed by atoms with van der Waals surface area (Å²) in [5.74, 6) is 0.897. The van der Waals surface area contributed by atoms with Gasteiger partial charge in [0.25, 0.3) is 0 Å². The van der Waals surface area contributed by atoms with E-state index in [1.54, 1.807) is 20.2 Å². The molecule has 1 aromatic rings. The van der Waals surface area contributed by atoms with Crippen LogP contribution in [-0.4, -0.2) is 43.6 Å². The van der Waals surface area contributed by atoms with Gasteiger partial charge in [-0.3, -0.25) is 5.32 Å². The Morgan fingerprint density at radius 1 is 1.48 bits per heavy atom. The van der Waals surface area contributed by atoms with Crippen LogP contribution in [0.15, 0.2) is 23.5 Å². The largest absolute Gasteiger partial charge is 0.450 e. The first-order valence-electron chi connectivity index (χ1n) is 7.92. The number of aromatic nitrogens is 1. The molecule has 2 rings (SSSR count). The lowest BCUT2D eigenvalue weighted by atomic mass is 9.89. The zero-order valence-electron chi connectivity index (χ0n) is 13.7. The molecule has 7 heteroatoms. The molecular formula is C16H24N4O3. The lowest BCUT2D eigenvalue weighted by molar-refractivity contribution is 0.168. The summed E-state index contributed by atoms with van der Waals surface area (Å²) in [7, 11) is 1.57. The van der Waals surface area contributed by atoms with Crippen molar-refractivity contribution in [3.05, 3.63) is 23.9 Å². The zero-order valence-corrected chi connectivity index (χ0v) is 13.7. The number of anilines is 1. The Kier molecular flexibility index (Phi) is 6.80. The van der Waals surface area contributed by atoms with E-state index < -0.39 is 6.09 Å². The summed E-state index contributed by atoms with van der Waals surface area (Å²) in [5, 5.41) is 10.2. The highest BCUT2D eigenvalue weighted by Gasteiger charge is 2.20. The number of nitrogens with one attached hydrogen (secondary N) is 2. The molecule has 1 aliphatic heterocycles. The van der Waals surface area contributed by atoms with Crippen molar-refractivity contribution in [1.29, 1.82) is 0 Å². The molecule has 2 heterocycles. The monoisotopic (exact) mass is 320 g/mol. The average Bonchev–Trinajstić information content (AvgIpc) is 2.56. The Bertz CT molecular complexity index is 542. The van der Waals surface area contributed by atoms with Crippen LogP contribution in [0.5, 0.6) is 0 Å². The molecule has 0 radical (unpaired) electrons. The second-order valence-corrected chi connectivity index (χ2v) is 5.36. The maximum atomic E-state index is 11.5. The highest BCUT2D eigenvalue weighted by atomic mass is 16.6. The Morgan fingerprint density at radius 3 is 2.96 bits per heavy atom. The van der Waals surface area contributed by atoms with Gasteiger partial charge in [-0.15, -0.1) is 0 Å². The average molecular weight is 320 g/mol. The second kappa shape index (κ2) is 9.09. The molecule has 0 saturated carbocycles. The summed E-state index contributed by atoms with van der Waals surface area (Å²) < 4.78 is 4.86. The van der Waals surface area contributed by atoms with Crippen LogP contribution in [0.1, 0.15) is 25.3 Å². The molecule has 7 nitrogen and oxygen atoms in total. The number of oxime groups is 1. The molecule has 0 unspecified atom stereocenters. The summed E-state index contributed by atoms with van der Waals surface area (Å²) in [6, 6.07) is 3.76. The van der Waals surface area contributed by atoms with Crippen LogP contribution >= 0.6 is 0 Å². The lowest BCUT2D eigenvalue weighted by Gasteiger charge is -2.23. The van der Waals surface area contributed by atoms with Crippen molar-refractivity contribution in [2.24, 2.45) is 11.1 Å². The predicted molar refractivity (Wildman–Crippen MR) is 88.6 cm³/mol. The van der Waals surface area contributed by atoms with E-state index >= 15 is 0 Å². The zero-order chi connectivity index (χ0) is 16.5. The number of hydrogen-bond acceptors (Lipinski definition) is 6. The Hall–Kier alpha value is -2.15. The van der Waals surface area contributed by atoms with Crippen molar-refractivity contribution in [2.75, 3.05) is 32.1 Å². The van der Waals surface area contributed by atoms with Crippen LogP contribution in [-0.2, 0) is 16.0 Å². The Morgan fingerprint density at radius 2 is 2.26 bits per heavy atom.